The number of carboxylic acid groups (broad SMARTS) is 1. The molecule has 0 saturated heterocycles. The van der Waals surface area contributed by atoms with Crippen molar-refractivity contribution < 1.29 is 14.7 Å². The van der Waals surface area contributed by atoms with Gasteiger partial charge in [-0.3, -0.25) is 14.6 Å². The molecule has 3 heterocycles. The fraction of sp³-hybridized carbons (Fsp3) is 0.269. The van der Waals surface area contributed by atoms with Crippen LogP contribution in [0.1, 0.15) is 41.6 Å². The topological polar surface area (TPSA) is 84.2 Å². The molecule has 6 nitrogen and oxygen atoms in total. The van der Waals surface area contributed by atoms with Crippen LogP contribution < -0.4 is 5.32 Å². The van der Waals surface area contributed by atoms with Crippen molar-refractivity contribution in [3.05, 3.63) is 77.6 Å². The molecule has 1 aliphatic rings. The zero-order valence-electron chi connectivity index (χ0n) is 18.1. The first-order chi connectivity index (χ1) is 16.1. The molecule has 1 aromatic carbocycles. The fourth-order valence-electron chi connectivity index (χ4n) is 4.60. The number of carbonyl (C=O) groups is 2. The van der Waals surface area contributed by atoms with Crippen molar-refractivity contribution in [3.63, 3.8) is 0 Å². The summed E-state index contributed by atoms with van der Waals surface area (Å²) in [5.41, 5.74) is 5.08. The Morgan fingerprint density at radius 2 is 1.70 bits per heavy atom. The van der Waals surface area contributed by atoms with Gasteiger partial charge in [0.05, 0.1) is 21.7 Å². The summed E-state index contributed by atoms with van der Waals surface area (Å²) in [5, 5.41) is 14.2. The van der Waals surface area contributed by atoms with Gasteiger partial charge in [-0.25, -0.2) is 0 Å². The Hall–Kier alpha value is -3.45. The highest BCUT2D eigenvalue weighted by molar-refractivity contribution is 7.17. The lowest BCUT2D eigenvalue weighted by Gasteiger charge is -2.26. The summed E-state index contributed by atoms with van der Waals surface area (Å²) in [7, 11) is 0. The monoisotopic (exact) mass is 459 g/mol. The van der Waals surface area contributed by atoms with E-state index in [1.807, 2.05) is 23.7 Å². The number of thiophene rings is 1. The van der Waals surface area contributed by atoms with Gasteiger partial charge in [-0.15, -0.1) is 11.3 Å². The van der Waals surface area contributed by atoms with E-state index < -0.39 is 5.97 Å². The number of carboxylic acids is 1. The van der Waals surface area contributed by atoms with E-state index in [2.05, 4.69) is 45.2 Å². The average molecular weight is 460 g/mol. The van der Waals surface area contributed by atoms with E-state index in [9.17, 15) is 14.7 Å². The van der Waals surface area contributed by atoms with Crippen molar-refractivity contribution in [3.8, 4) is 11.1 Å². The van der Waals surface area contributed by atoms with Crippen LogP contribution in [0.2, 0.25) is 0 Å². The van der Waals surface area contributed by atoms with Crippen molar-refractivity contribution in [2.24, 2.45) is 5.92 Å². The molecule has 0 atom stereocenters. The lowest BCUT2D eigenvalue weighted by molar-refractivity contribution is -0.142. The minimum atomic E-state index is -0.731. The summed E-state index contributed by atoms with van der Waals surface area (Å²) in [5.74, 6) is -1.09. The second-order valence-electron chi connectivity index (χ2n) is 8.60. The first-order valence-corrected chi connectivity index (χ1v) is 12.1. The van der Waals surface area contributed by atoms with Gasteiger partial charge in [0.2, 0.25) is 0 Å². The van der Waals surface area contributed by atoms with E-state index in [0.29, 0.717) is 37.8 Å². The van der Waals surface area contributed by atoms with Gasteiger partial charge >= 0.3 is 5.97 Å². The van der Waals surface area contributed by atoms with Crippen LogP contribution >= 0.6 is 11.3 Å². The van der Waals surface area contributed by atoms with E-state index in [0.717, 1.165) is 26.9 Å². The molecule has 1 fully saturated rings. The van der Waals surface area contributed by atoms with Crippen LogP contribution in [0.4, 0.5) is 0 Å². The third kappa shape index (κ3) is 4.54. The van der Waals surface area contributed by atoms with Gasteiger partial charge in [0.15, 0.2) is 0 Å². The molecular weight excluding hydrogens is 434 g/mol. The summed E-state index contributed by atoms with van der Waals surface area (Å²) in [4.78, 5) is 28.3. The van der Waals surface area contributed by atoms with Gasteiger partial charge < -0.3 is 15.0 Å². The molecule has 4 aromatic rings. The number of pyridine rings is 1. The summed E-state index contributed by atoms with van der Waals surface area (Å²) in [6.45, 7) is 0.681. The zero-order valence-corrected chi connectivity index (χ0v) is 18.9. The summed E-state index contributed by atoms with van der Waals surface area (Å²) in [6.07, 6.45) is 8.27. The highest BCUT2D eigenvalue weighted by atomic mass is 32.1. The van der Waals surface area contributed by atoms with Crippen molar-refractivity contribution in [2.75, 3.05) is 0 Å². The summed E-state index contributed by atoms with van der Waals surface area (Å²) >= 11 is 1.57. The quantitative estimate of drug-likeness (QED) is 0.416. The number of aromatic nitrogens is 2. The highest BCUT2D eigenvalue weighted by Gasteiger charge is 2.27. The van der Waals surface area contributed by atoms with Gasteiger partial charge in [-0.2, -0.15) is 0 Å². The molecule has 2 N–H and O–H groups in total. The fourth-order valence-corrected chi connectivity index (χ4v) is 5.54. The maximum absolute atomic E-state index is 13.1. The number of aliphatic carboxylic acids is 1. The molecule has 0 aliphatic heterocycles. The van der Waals surface area contributed by atoms with Crippen molar-refractivity contribution in [2.45, 2.75) is 38.3 Å². The Kier molecular flexibility index (Phi) is 5.96. The molecule has 0 spiro atoms. The molecule has 5 rings (SSSR count). The first kappa shape index (κ1) is 21.4. The van der Waals surface area contributed by atoms with E-state index >= 15 is 0 Å². The van der Waals surface area contributed by atoms with E-state index in [1.54, 1.807) is 23.7 Å². The van der Waals surface area contributed by atoms with E-state index in [1.165, 1.54) is 0 Å². The summed E-state index contributed by atoms with van der Waals surface area (Å²) in [6, 6.07) is 14.5. The van der Waals surface area contributed by atoms with Crippen LogP contribution in [0.15, 0.2) is 66.4 Å². The second kappa shape index (κ2) is 9.19. The number of nitrogens with one attached hydrogen (secondary N) is 1. The minimum Gasteiger partial charge on any atom is -0.481 e. The van der Waals surface area contributed by atoms with Crippen LogP contribution in [-0.4, -0.2) is 32.6 Å². The number of nitrogens with zero attached hydrogens (tertiary/aromatic N) is 2. The van der Waals surface area contributed by atoms with Crippen molar-refractivity contribution in [1.29, 1.82) is 0 Å². The molecule has 33 heavy (non-hydrogen) atoms. The molecule has 7 heteroatoms. The van der Waals surface area contributed by atoms with Crippen LogP contribution in [0.3, 0.4) is 0 Å². The van der Waals surface area contributed by atoms with Crippen molar-refractivity contribution in [1.82, 2.24) is 14.9 Å². The number of fused-ring (bicyclic) bond motifs is 1. The van der Waals surface area contributed by atoms with Gasteiger partial charge in [0.25, 0.3) is 5.91 Å². The first-order valence-electron chi connectivity index (χ1n) is 11.2. The lowest BCUT2D eigenvalue weighted by atomic mass is 9.86. The predicted octanol–water partition coefficient (Wildman–Crippen LogP) is 5.19. The summed E-state index contributed by atoms with van der Waals surface area (Å²) < 4.78 is 3.21. The SMILES string of the molecule is O=C(NC1CCC(C(=O)O)CC1)c1csc2ccn(Cc3ccc(-c4ccncc4)cc3)c12. The van der Waals surface area contributed by atoms with Gasteiger partial charge in [0.1, 0.15) is 0 Å². The minimum absolute atomic E-state index is 0.0344. The molecular formula is C26H25N3O3S. The predicted molar refractivity (Wildman–Crippen MR) is 129 cm³/mol. The van der Waals surface area contributed by atoms with Gasteiger partial charge in [0, 0.05) is 36.6 Å². The number of hydrogen-bond donors (Lipinski definition) is 2. The molecule has 0 unspecified atom stereocenters. The Morgan fingerprint density at radius 1 is 1.00 bits per heavy atom. The van der Waals surface area contributed by atoms with Crippen LogP contribution in [0, 0.1) is 5.92 Å². The molecule has 1 saturated carbocycles. The maximum atomic E-state index is 13.1. The average Bonchev–Trinajstić information content (AvgIpc) is 3.44. The van der Waals surface area contributed by atoms with Crippen molar-refractivity contribution >= 4 is 33.4 Å². The third-order valence-electron chi connectivity index (χ3n) is 6.46. The zero-order chi connectivity index (χ0) is 22.8. The molecule has 0 radical (unpaired) electrons. The lowest BCUT2D eigenvalue weighted by Crippen LogP contribution is -2.38. The van der Waals surface area contributed by atoms with Crippen LogP contribution in [0.5, 0.6) is 0 Å². The van der Waals surface area contributed by atoms with Gasteiger partial charge in [-0.1, -0.05) is 24.3 Å². The number of hydrogen-bond acceptors (Lipinski definition) is 4. The molecule has 1 amide bonds. The third-order valence-corrected chi connectivity index (χ3v) is 7.40. The van der Waals surface area contributed by atoms with E-state index in [4.69, 9.17) is 0 Å². The van der Waals surface area contributed by atoms with E-state index in [-0.39, 0.29) is 17.9 Å². The van der Waals surface area contributed by atoms with Crippen LogP contribution in [0.25, 0.3) is 21.3 Å². The smallest absolute Gasteiger partial charge is 0.306 e. The normalized spacial score (nSPS) is 18.3. The standard InChI is InChI=1S/C26H25N3O3S/c30-25(28-21-7-5-20(6-8-21)26(31)32)22-16-33-23-11-14-29(24(22)23)15-17-1-3-18(4-2-17)19-9-12-27-13-10-19/h1-4,9-14,16,20-21H,5-8,15H2,(H,28,30)(H,31,32). The number of benzene rings is 1. The van der Waals surface area contributed by atoms with Gasteiger partial charge in [-0.05, 0) is 60.6 Å². The molecule has 3 aromatic heterocycles. The molecule has 168 valence electrons. The Bertz CT molecular complexity index is 1270. The number of carbonyl (C=O) groups excluding carboxylic acids is 1. The number of rotatable bonds is 6. The Labute approximate surface area is 195 Å². The maximum Gasteiger partial charge on any atom is 0.306 e. The second-order valence-corrected chi connectivity index (χ2v) is 9.51. The Balaban J connectivity index is 1.30. The van der Waals surface area contributed by atoms with Crippen LogP contribution in [-0.2, 0) is 11.3 Å². The number of amides is 1. The molecule has 0 bridgehead atoms. The molecule has 1 aliphatic carbocycles. The Morgan fingerprint density at radius 3 is 2.39 bits per heavy atom. The largest absolute Gasteiger partial charge is 0.481 e. The highest BCUT2D eigenvalue weighted by Crippen LogP contribution is 2.30.